The Labute approximate surface area is 220 Å². The molecule has 0 saturated heterocycles. The third-order valence-corrected chi connectivity index (χ3v) is 8.41. The smallest absolute Gasteiger partial charge is 0.274 e. The second-order valence-electron chi connectivity index (χ2n) is 11.1. The molecule has 0 unspecified atom stereocenters. The molecule has 0 aliphatic heterocycles. The van der Waals surface area contributed by atoms with E-state index in [1.54, 1.807) is 23.2 Å². The number of aromatic nitrogens is 6. The van der Waals surface area contributed by atoms with Crippen LogP contribution in [0.15, 0.2) is 43.1 Å². The molecule has 4 aromatic heterocycles. The molecule has 1 amide bonds. The fourth-order valence-corrected chi connectivity index (χ4v) is 6.11. The fourth-order valence-electron chi connectivity index (χ4n) is 5.94. The average Bonchev–Trinajstić information content (AvgIpc) is 3.44. The van der Waals surface area contributed by atoms with Gasteiger partial charge < -0.3 is 15.2 Å². The second-order valence-corrected chi connectivity index (χ2v) is 11.5. The molecule has 0 aromatic carbocycles. The number of rotatable bonds is 7. The molecule has 192 valence electrons. The summed E-state index contributed by atoms with van der Waals surface area (Å²) < 4.78 is 3.57. The Bertz CT molecular complexity index is 1480. The van der Waals surface area contributed by atoms with E-state index in [2.05, 4.69) is 44.8 Å². The standard InChI is InChI=1S/C27H31ClN8O/c1-17-10-27(11-17,25-34-31-16-35(25)3)19-9-20(14-29-13-19)33-24(37)23-8-18(12-30-26(2)5-4-6-26)7-22-21(28)15-32-36(22)23/h7-9,13-17,30H,4-6,10-12H2,1-3H3,(H,33,37). The van der Waals surface area contributed by atoms with Crippen LogP contribution in [0, 0.1) is 5.92 Å². The van der Waals surface area contributed by atoms with Gasteiger partial charge in [0, 0.05) is 25.3 Å². The van der Waals surface area contributed by atoms with Crippen molar-refractivity contribution in [1.82, 2.24) is 34.7 Å². The zero-order chi connectivity index (χ0) is 25.8. The number of nitrogens with zero attached hydrogens (tertiary/aromatic N) is 6. The van der Waals surface area contributed by atoms with Gasteiger partial charge in [0.2, 0.25) is 0 Å². The molecule has 0 atom stereocenters. The predicted octanol–water partition coefficient (Wildman–Crippen LogP) is 4.51. The van der Waals surface area contributed by atoms with Crippen LogP contribution in [0.4, 0.5) is 5.69 Å². The van der Waals surface area contributed by atoms with E-state index in [4.69, 9.17) is 11.6 Å². The van der Waals surface area contributed by atoms with Crippen molar-refractivity contribution in [2.75, 3.05) is 5.32 Å². The molecule has 0 radical (unpaired) electrons. The molecule has 4 heterocycles. The van der Waals surface area contributed by atoms with Gasteiger partial charge in [-0.15, -0.1) is 10.2 Å². The number of hydrogen-bond acceptors (Lipinski definition) is 6. The minimum Gasteiger partial charge on any atom is -0.320 e. The van der Waals surface area contributed by atoms with Crippen molar-refractivity contribution in [3.05, 3.63) is 70.8 Å². The first-order valence-electron chi connectivity index (χ1n) is 12.8. The Hall–Kier alpha value is -3.30. The van der Waals surface area contributed by atoms with Crippen molar-refractivity contribution in [1.29, 1.82) is 0 Å². The maximum Gasteiger partial charge on any atom is 0.274 e. The van der Waals surface area contributed by atoms with Crippen molar-refractivity contribution in [2.24, 2.45) is 13.0 Å². The number of pyridine rings is 2. The summed E-state index contributed by atoms with van der Waals surface area (Å²) in [6.07, 6.45) is 12.3. The van der Waals surface area contributed by atoms with Gasteiger partial charge in [0.1, 0.15) is 17.8 Å². The van der Waals surface area contributed by atoms with Gasteiger partial charge in [0.25, 0.3) is 5.91 Å². The molecular weight excluding hydrogens is 488 g/mol. The van der Waals surface area contributed by atoms with Crippen LogP contribution in [-0.2, 0) is 19.0 Å². The largest absolute Gasteiger partial charge is 0.320 e. The molecule has 4 aromatic rings. The summed E-state index contributed by atoms with van der Waals surface area (Å²) in [6, 6.07) is 5.87. The number of fused-ring (bicyclic) bond motifs is 1. The van der Waals surface area contributed by atoms with Gasteiger partial charge in [-0.3, -0.25) is 9.78 Å². The lowest BCUT2D eigenvalue weighted by Gasteiger charge is -2.45. The quantitative estimate of drug-likeness (QED) is 0.373. The Morgan fingerprint density at radius 3 is 2.68 bits per heavy atom. The van der Waals surface area contributed by atoms with Crippen LogP contribution in [-0.4, -0.2) is 40.8 Å². The molecular formula is C27H31ClN8O. The van der Waals surface area contributed by atoms with Gasteiger partial charge in [0.05, 0.1) is 34.0 Å². The zero-order valence-corrected chi connectivity index (χ0v) is 22.1. The molecule has 2 saturated carbocycles. The van der Waals surface area contributed by atoms with E-state index in [1.165, 1.54) is 6.42 Å². The third kappa shape index (κ3) is 4.20. The van der Waals surface area contributed by atoms with Crippen LogP contribution < -0.4 is 10.6 Å². The minimum absolute atomic E-state index is 0.155. The highest BCUT2D eigenvalue weighted by Gasteiger charge is 2.48. The van der Waals surface area contributed by atoms with Crippen LogP contribution >= 0.6 is 11.6 Å². The molecule has 9 nitrogen and oxygen atoms in total. The lowest BCUT2D eigenvalue weighted by molar-refractivity contribution is 0.101. The van der Waals surface area contributed by atoms with Gasteiger partial charge in [0.15, 0.2) is 0 Å². The summed E-state index contributed by atoms with van der Waals surface area (Å²) in [5.41, 5.74) is 3.67. The highest BCUT2D eigenvalue weighted by molar-refractivity contribution is 6.33. The summed E-state index contributed by atoms with van der Waals surface area (Å²) in [5, 5.41) is 20.1. The molecule has 2 aliphatic rings. The molecule has 0 spiro atoms. The van der Waals surface area contributed by atoms with Gasteiger partial charge >= 0.3 is 0 Å². The van der Waals surface area contributed by atoms with Crippen LogP contribution in [0.3, 0.4) is 0 Å². The SMILES string of the molecule is CC1CC(c2cncc(NC(=O)c3cc(CNC4(C)CCC4)cc4c(Cl)cnn34)c2)(c2nncn2C)C1. The number of carbonyl (C=O) groups excluding carboxylic acids is 1. The summed E-state index contributed by atoms with van der Waals surface area (Å²) in [5.74, 6) is 1.23. The first kappa shape index (κ1) is 24.1. The third-order valence-electron chi connectivity index (χ3n) is 8.12. The number of anilines is 1. The first-order valence-corrected chi connectivity index (χ1v) is 13.2. The van der Waals surface area contributed by atoms with E-state index < -0.39 is 0 Å². The minimum atomic E-state index is -0.268. The Morgan fingerprint density at radius 2 is 2.00 bits per heavy atom. The Morgan fingerprint density at radius 1 is 1.19 bits per heavy atom. The van der Waals surface area contributed by atoms with Crippen molar-refractivity contribution < 1.29 is 4.79 Å². The van der Waals surface area contributed by atoms with E-state index in [1.807, 2.05) is 36.0 Å². The van der Waals surface area contributed by atoms with E-state index in [-0.39, 0.29) is 16.9 Å². The number of halogens is 1. The second kappa shape index (κ2) is 8.92. The van der Waals surface area contributed by atoms with Crippen molar-refractivity contribution in [3.63, 3.8) is 0 Å². The Balaban J connectivity index is 1.29. The van der Waals surface area contributed by atoms with E-state index >= 15 is 0 Å². The normalized spacial score (nSPS) is 22.4. The lowest BCUT2D eigenvalue weighted by atomic mass is 9.59. The summed E-state index contributed by atoms with van der Waals surface area (Å²) >= 11 is 6.42. The predicted molar refractivity (Wildman–Crippen MR) is 142 cm³/mol. The Kier molecular flexibility index (Phi) is 5.80. The number of hydrogen-bond donors (Lipinski definition) is 2. The van der Waals surface area contributed by atoms with E-state index in [0.717, 1.165) is 42.6 Å². The first-order chi connectivity index (χ1) is 17.8. The average molecular weight is 519 g/mol. The summed E-state index contributed by atoms with van der Waals surface area (Å²) in [6.45, 7) is 5.14. The van der Waals surface area contributed by atoms with Crippen molar-refractivity contribution in [2.45, 2.75) is 63.5 Å². The van der Waals surface area contributed by atoms with Crippen molar-refractivity contribution >= 4 is 28.7 Å². The van der Waals surface area contributed by atoms with E-state index in [9.17, 15) is 4.79 Å². The highest BCUT2D eigenvalue weighted by atomic mass is 35.5. The van der Waals surface area contributed by atoms with Crippen LogP contribution in [0.5, 0.6) is 0 Å². The molecule has 0 bridgehead atoms. The highest BCUT2D eigenvalue weighted by Crippen LogP contribution is 2.51. The molecule has 2 N–H and O–H groups in total. The molecule has 2 fully saturated rings. The number of nitrogens with one attached hydrogen (secondary N) is 2. The van der Waals surface area contributed by atoms with Crippen LogP contribution in [0.1, 0.15) is 73.4 Å². The molecule has 6 rings (SSSR count). The lowest BCUT2D eigenvalue weighted by Crippen LogP contribution is -2.47. The van der Waals surface area contributed by atoms with Gasteiger partial charge in [-0.2, -0.15) is 5.10 Å². The topological polar surface area (TPSA) is 102 Å². The van der Waals surface area contributed by atoms with Crippen molar-refractivity contribution in [3.8, 4) is 0 Å². The van der Waals surface area contributed by atoms with Gasteiger partial charge in [-0.25, -0.2) is 4.52 Å². The van der Waals surface area contributed by atoms with E-state index in [0.29, 0.717) is 34.4 Å². The van der Waals surface area contributed by atoms with Crippen LogP contribution in [0.2, 0.25) is 5.02 Å². The zero-order valence-electron chi connectivity index (χ0n) is 21.3. The maximum absolute atomic E-state index is 13.5. The summed E-state index contributed by atoms with van der Waals surface area (Å²) in [7, 11) is 1.97. The fraction of sp³-hybridized carbons (Fsp3) is 0.444. The molecule has 10 heteroatoms. The number of aryl methyl sites for hydroxylation is 1. The van der Waals surface area contributed by atoms with Gasteiger partial charge in [-0.05, 0) is 74.3 Å². The number of amides is 1. The molecule has 2 aliphatic carbocycles. The molecule has 37 heavy (non-hydrogen) atoms. The maximum atomic E-state index is 13.5. The monoisotopic (exact) mass is 518 g/mol. The summed E-state index contributed by atoms with van der Waals surface area (Å²) in [4.78, 5) is 18.0. The van der Waals surface area contributed by atoms with Crippen LogP contribution in [0.25, 0.3) is 5.52 Å². The number of carbonyl (C=O) groups is 1. The van der Waals surface area contributed by atoms with Gasteiger partial charge in [-0.1, -0.05) is 18.5 Å².